The second-order valence-electron chi connectivity index (χ2n) is 4.54. The molecule has 0 saturated carbocycles. The van der Waals surface area contributed by atoms with Crippen molar-refractivity contribution in [3.05, 3.63) is 34.3 Å². The van der Waals surface area contributed by atoms with Gasteiger partial charge in [0.15, 0.2) is 0 Å². The van der Waals surface area contributed by atoms with Gasteiger partial charge in [0.05, 0.1) is 6.10 Å². The van der Waals surface area contributed by atoms with Crippen molar-refractivity contribution in [2.75, 3.05) is 0 Å². The maximum atomic E-state index is 9.42. The van der Waals surface area contributed by atoms with Gasteiger partial charge in [0.2, 0.25) is 0 Å². The molecule has 1 unspecified atom stereocenters. The van der Waals surface area contributed by atoms with Crippen molar-refractivity contribution >= 4 is 24.0 Å². The van der Waals surface area contributed by atoms with Crippen LogP contribution in [0.1, 0.15) is 31.9 Å². The Bertz CT molecular complexity index is 345. The molecule has 1 atom stereocenters. The molecule has 0 spiro atoms. The molecule has 92 valence electrons. The maximum Gasteiger partial charge on any atom is 0.0553 e. The number of aliphatic hydroxyl groups is 1. The third kappa shape index (κ3) is 3.95. The van der Waals surface area contributed by atoms with Gasteiger partial charge in [-0.2, -0.15) is 0 Å². The number of halogens is 2. The molecule has 0 amide bonds. The van der Waals surface area contributed by atoms with Crippen LogP contribution in [-0.2, 0) is 12.0 Å². The van der Waals surface area contributed by atoms with E-state index >= 15 is 0 Å². The van der Waals surface area contributed by atoms with Gasteiger partial charge in [0.1, 0.15) is 0 Å². The minimum absolute atomic E-state index is 0. The first kappa shape index (κ1) is 15.7. The molecular formula is C12H19Cl2NO. The topological polar surface area (TPSA) is 46.2 Å². The molecule has 0 aliphatic carbocycles. The minimum Gasteiger partial charge on any atom is -0.393 e. The fourth-order valence-corrected chi connectivity index (χ4v) is 1.92. The van der Waals surface area contributed by atoms with Crippen molar-refractivity contribution < 1.29 is 5.11 Å². The Kier molecular flexibility index (Phi) is 5.77. The molecule has 0 aromatic heterocycles. The monoisotopic (exact) mass is 263 g/mol. The van der Waals surface area contributed by atoms with Crippen molar-refractivity contribution in [1.82, 2.24) is 0 Å². The van der Waals surface area contributed by atoms with Gasteiger partial charge >= 0.3 is 0 Å². The summed E-state index contributed by atoms with van der Waals surface area (Å²) >= 11 is 6.11. The van der Waals surface area contributed by atoms with E-state index in [1.54, 1.807) is 6.92 Å². The van der Waals surface area contributed by atoms with E-state index in [2.05, 4.69) is 0 Å². The molecule has 0 bridgehead atoms. The molecule has 16 heavy (non-hydrogen) atoms. The molecule has 0 aliphatic heterocycles. The van der Waals surface area contributed by atoms with Crippen LogP contribution in [0.5, 0.6) is 0 Å². The third-order valence-electron chi connectivity index (χ3n) is 2.31. The highest BCUT2D eigenvalue weighted by Gasteiger charge is 2.20. The van der Waals surface area contributed by atoms with Gasteiger partial charge in [-0.15, -0.1) is 12.4 Å². The van der Waals surface area contributed by atoms with Crippen molar-refractivity contribution in [2.24, 2.45) is 5.73 Å². The number of hydrogen-bond donors (Lipinski definition) is 2. The normalized spacial score (nSPS) is 13.1. The van der Waals surface area contributed by atoms with Crippen LogP contribution in [0.25, 0.3) is 0 Å². The molecule has 0 aliphatic rings. The van der Waals surface area contributed by atoms with E-state index in [1.165, 1.54) is 0 Å². The van der Waals surface area contributed by atoms with Crippen LogP contribution in [0.4, 0.5) is 0 Å². The van der Waals surface area contributed by atoms with Crippen LogP contribution in [0.2, 0.25) is 5.02 Å². The molecule has 1 rings (SSSR count). The molecule has 0 saturated heterocycles. The lowest BCUT2D eigenvalue weighted by Gasteiger charge is -2.24. The van der Waals surface area contributed by atoms with Gasteiger partial charge in [-0.3, -0.25) is 0 Å². The lowest BCUT2D eigenvalue weighted by Crippen LogP contribution is -2.30. The Labute approximate surface area is 108 Å². The molecule has 0 fully saturated rings. The van der Waals surface area contributed by atoms with Crippen LogP contribution in [0, 0.1) is 0 Å². The average Bonchev–Trinajstić information content (AvgIpc) is 2.05. The van der Waals surface area contributed by atoms with Crippen LogP contribution >= 0.6 is 24.0 Å². The van der Waals surface area contributed by atoms with Crippen molar-refractivity contribution in [3.8, 4) is 0 Å². The van der Waals surface area contributed by atoms with E-state index in [9.17, 15) is 5.11 Å². The molecule has 0 heterocycles. The lowest BCUT2D eigenvalue weighted by atomic mass is 9.89. The Morgan fingerprint density at radius 1 is 1.44 bits per heavy atom. The summed E-state index contributed by atoms with van der Waals surface area (Å²) in [5, 5.41) is 10.1. The summed E-state index contributed by atoms with van der Waals surface area (Å²) in [7, 11) is 0. The van der Waals surface area contributed by atoms with E-state index in [0.29, 0.717) is 11.4 Å². The molecule has 1 aromatic carbocycles. The fourth-order valence-electron chi connectivity index (χ4n) is 1.67. The first-order chi connectivity index (χ1) is 6.82. The van der Waals surface area contributed by atoms with Gasteiger partial charge in [-0.25, -0.2) is 0 Å². The molecule has 0 radical (unpaired) electrons. The Hall–Kier alpha value is -0.280. The highest BCUT2D eigenvalue weighted by atomic mass is 35.5. The zero-order valence-electron chi connectivity index (χ0n) is 9.83. The Balaban J connectivity index is 0.00000225. The number of aliphatic hydroxyl groups excluding tert-OH is 1. The number of hydrogen-bond acceptors (Lipinski definition) is 2. The summed E-state index contributed by atoms with van der Waals surface area (Å²) in [4.78, 5) is 0. The first-order valence-corrected chi connectivity index (χ1v) is 5.45. The highest BCUT2D eigenvalue weighted by Crippen LogP contribution is 2.28. The minimum atomic E-state index is -0.435. The van der Waals surface area contributed by atoms with Gasteiger partial charge in [0, 0.05) is 10.6 Å². The third-order valence-corrected chi connectivity index (χ3v) is 2.67. The Morgan fingerprint density at radius 2 is 2.00 bits per heavy atom. The molecule has 4 heteroatoms. The van der Waals surface area contributed by atoms with Crippen molar-refractivity contribution in [1.29, 1.82) is 0 Å². The zero-order valence-corrected chi connectivity index (χ0v) is 11.4. The van der Waals surface area contributed by atoms with E-state index < -0.39 is 11.6 Å². The van der Waals surface area contributed by atoms with Crippen LogP contribution < -0.4 is 5.73 Å². The molecular weight excluding hydrogens is 245 g/mol. The summed E-state index contributed by atoms with van der Waals surface area (Å²) in [6.07, 6.45) is 0.126. The predicted molar refractivity (Wildman–Crippen MR) is 71.3 cm³/mol. The number of nitrogens with two attached hydrogens (primary N) is 1. The second-order valence-corrected chi connectivity index (χ2v) is 4.95. The smallest absolute Gasteiger partial charge is 0.0553 e. The van der Waals surface area contributed by atoms with E-state index in [1.807, 2.05) is 32.0 Å². The van der Waals surface area contributed by atoms with Crippen LogP contribution in [0.3, 0.4) is 0 Å². The molecule has 2 nitrogen and oxygen atoms in total. The van der Waals surface area contributed by atoms with Gasteiger partial charge < -0.3 is 10.8 Å². The Morgan fingerprint density at radius 3 is 2.44 bits per heavy atom. The SMILES string of the molecule is CC(O)Cc1c(Cl)cccc1C(C)(C)N.Cl. The van der Waals surface area contributed by atoms with Gasteiger partial charge in [0.25, 0.3) is 0 Å². The lowest BCUT2D eigenvalue weighted by molar-refractivity contribution is 0.195. The standard InChI is InChI=1S/C12H18ClNO.ClH/c1-8(15)7-9-10(12(2,3)14)5-4-6-11(9)13;/h4-6,8,15H,7,14H2,1-3H3;1H. The molecule has 1 aromatic rings. The summed E-state index contributed by atoms with van der Waals surface area (Å²) in [5.74, 6) is 0. The van der Waals surface area contributed by atoms with Crippen LogP contribution in [-0.4, -0.2) is 11.2 Å². The van der Waals surface area contributed by atoms with Crippen LogP contribution in [0.15, 0.2) is 18.2 Å². The fraction of sp³-hybridized carbons (Fsp3) is 0.500. The summed E-state index contributed by atoms with van der Waals surface area (Å²) < 4.78 is 0. The largest absolute Gasteiger partial charge is 0.393 e. The maximum absolute atomic E-state index is 9.42. The average molecular weight is 264 g/mol. The molecule has 3 N–H and O–H groups in total. The van der Waals surface area contributed by atoms with E-state index in [-0.39, 0.29) is 12.4 Å². The van der Waals surface area contributed by atoms with E-state index in [0.717, 1.165) is 11.1 Å². The summed E-state index contributed by atoms with van der Waals surface area (Å²) in [6.45, 7) is 5.62. The first-order valence-electron chi connectivity index (χ1n) is 5.07. The second kappa shape index (κ2) is 5.87. The quantitative estimate of drug-likeness (QED) is 0.881. The highest BCUT2D eigenvalue weighted by molar-refractivity contribution is 6.31. The van der Waals surface area contributed by atoms with Gasteiger partial charge in [-0.1, -0.05) is 23.7 Å². The number of rotatable bonds is 3. The van der Waals surface area contributed by atoms with Crippen molar-refractivity contribution in [3.63, 3.8) is 0 Å². The van der Waals surface area contributed by atoms with E-state index in [4.69, 9.17) is 17.3 Å². The zero-order chi connectivity index (χ0) is 11.6. The van der Waals surface area contributed by atoms with Crippen molar-refractivity contribution in [2.45, 2.75) is 38.8 Å². The summed E-state index contributed by atoms with van der Waals surface area (Å²) in [6, 6.07) is 5.68. The van der Waals surface area contributed by atoms with Gasteiger partial charge in [-0.05, 0) is 44.4 Å². The summed E-state index contributed by atoms with van der Waals surface area (Å²) in [5.41, 5.74) is 7.57. The number of benzene rings is 1. The predicted octanol–water partition coefficient (Wildman–Crippen LogP) is 2.88.